The minimum Gasteiger partial charge on any atom is -0.505 e. The minimum absolute atomic E-state index is 0.0139. The number of ether oxygens (including phenoxy) is 1. The molecular formula is C23H16Cl2F3N5O3. The number of phenolic OH excluding ortho intramolecular Hbond substituents is 1. The fourth-order valence-electron chi connectivity index (χ4n) is 3.28. The third-order valence-corrected chi connectivity index (χ3v) is 5.41. The number of amides is 1. The van der Waals surface area contributed by atoms with Crippen LogP contribution in [-0.2, 0) is 13.1 Å². The van der Waals surface area contributed by atoms with E-state index in [9.17, 15) is 23.1 Å². The lowest BCUT2D eigenvalue weighted by Crippen LogP contribution is -2.31. The zero-order valence-electron chi connectivity index (χ0n) is 18.2. The van der Waals surface area contributed by atoms with Gasteiger partial charge in [-0.2, -0.15) is 0 Å². The van der Waals surface area contributed by atoms with E-state index in [0.29, 0.717) is 16.8 Å². The Balaban J connectivity index is 1.62. The molecule has 4 aromatic rings. The highest BCUT2D eigenvalue weighted by molar-refractivity contribution is 6.37. The van der Waals surface area contributed by atoms with Gasteiger partial charge in [0, 0.05) is 25.5 Å². The van der Waals surface area contributed by atoms with E-state index < -0.39 is 18.0 Å². The van der Waals surface area contributed by atoms with Gasteiger partial charge in [0.1, 0.15) is 12.1 Å². The quantitative estimate of drug-likeness (QED) is 0.338. The molecule has 0 spiro atoms. The third-order valence-electron chi connectivity index (χ3n) is 4.84. The molecule has 1 amide bonds. The van der Waals surface area contributed by atoms with Crippen LogP contribution in [0.3, 0.4) is 0 Å². The summed E-state index contributed by atoms with van der Waals surface area (Å²) in [5.74, 6) is -1.47. The number of hydrogen-bond acceptors (Lipinski definition) is 6. The lowest BCUT2D eigenvalue weighted by atomic mass is 10.1. The molecule has 0 aliphatic carbocycles. The lowest BCUT2D eigenvalue weighted by Gasteiger charge is -2.22. The maximum absolute atomic E-state index is 13.4. The number of pyridine rings is 1. The molecule has 0 aliphatic rings. The topological polar surface area (TPSA) is 93.4 Å². The van der Waals surface area contributed by atoms with Crippen LogP contribution < -0.4 is 4.74 Å². The number of hydrogen-bond donors (Lipinski definition) is 1. The van der Waals surface area contributed by atoms with Crippen LogP contribution in [0.1, 0.15) is 21.7 Å². The van der Waals surface area contributed by atoms with Crippen molar-refractivity contribution in [1.82, 2.24) is 24.6 Å². The van der Waals surface area contributed by atoms with Crippen LogP contribution in [0, 0.1) is 0 Å². The number of benzene rings is 2. The van der Waals surface area contributed by atoms with Crippen molar-refractivity contribution in [3.8, 4) is 17.2 Å². The fraction of sp³-hybridized carbons (Fsp3) is 0.130. The summed E-state index contributed by atoms with van der Waals surface area (Å²) < 4.78 is 43.2. The number of aromatic hydroxyl groups is 1. The van der Waals surface area contributed by atoms with Crippen molar-refractivity contribution in [2.75, 3.05) is 0 Å². The van der Waals surface area contributed by atoms with Gasteiger partial charge in [0.05, 0.1) is 15.7 Å². The number of aromatic nitrogens is 4. The highest BCUT2D eigenvalue weighted by Crippen LogP contribution is 2.33. The minimum atomic E-state index is -4.85. The molecule has 8 nitrogen and oxygen atoms in total. The molecule has 1 N–H and O–H groups in total. The first-order chi connectivity index (χ1) is 17.1. The smallest absolute Gasteiger partial charge is 0.505 e. The predicted octanol–water partition coefficient (Wildman–Crippen LogP) is 5.42. The number of phenols is 1. The molecule has 4 rings (SSSR count). The molecule has 36 heavy (non-hydrogen) atoms. The van der Waals surface area contributed by atoms with Crippen LogP contribution in [-0.4, -0.2) is 42.0 Å². The van der Waals surface area contributed by atoms with Crippen LogP contribution in [0.15, 0.2) is 67.3 Å². The summed E-state index contributed by atoms with van der Waals surface area (Å²) in [4.78, 5) is 22.8. The van der Waals surface area contributed by atoms with Crippen LogP contribution in [0.4, 0.5) is 13.2 Å². The maximum Gasteiger partial charge on any atom is 0.573 e. The molecule has 186 valence electrons. The van der Waals surface area contributed by atoms with Gasteiger partial charge in [0.15, 0.2) is 5.75 Å². The number of carbonyl (C=O) groups excluding carboxylic acids is 1. The van der Waals surface area contributed by atoms with Gasteiger partial charge in [0.25, 0.3) is 5.91 Å². The Bertz CT molecular complexity index is 1360. The predicted molar refractivity (Wildman–Crippen MR) is 124 cm³/mol. The number of halogens is 5. The van der Waals surface area contributed by atoms with Gasteiger partial charge in [-0.15, -0.1) is 18.3 Å². The van der Waals surface area contributed by atoms with Crippen molar-refractivity contribution in [2.24, 2.45) is 0 Å². The maximum atomic E-state index is 13.4. The van der Waals surface area contributed by atoms with Gasteiger partial charge in [-0.3, -0.25) is 9.78 Å². The van der Waals surface area contributed by atoms with Crippen molar-refractivity contribution in [2.45, 2.75) is 19.5 Å². The molecule has 2 aromatic carbocycles. The largest absolute Gasteiger partial charge is 0.573 e. The third kappa shape index (κ3) is 6.23. The van der Waals surface area contributed by atoms with Crippen LogP contribution in [0.5, 0.6) is 11.5 Å². The summed E-state index contributed by atoms with van der Waals surface area (Å²) in [5, 5.41) is 13.9. The van der Waals surface area contributed by atoms with Gasteiger partial charge >= 0.3 is 6.36 Å². The molecule has 0 saturated heterocycles. The molecule has 0 aliphatic heterocycles. The van der Waals surface area contributed by atoms with Gasteiger partial charge in [-0.1, -0.05) is 41.4 Å². The Morgan fingerprint density at radius 3 is 2.42 bits per heavy atom. The Hall–Kier alpha value is -3.83. The van der Waals surface area contributed by atoms with E-state index in [1.165, 1.54) is 46.2 Å². The number of alkyl halides is 3. The van der Waals surface area contributed by atoms with Gasteiger partial charge in [-0.25, -0.2) is 9.67 Å². The summed E-state index contributed by atoms with van der Waals surface area (Å²) in [6.07, 6.45) is -0.437. The van der Waals surface area contributed by atoms with Crippen molar-refractivity contribution in [1.29, 1.82) is 0 Å². The molecule has 0 fully saturated rings. The van der Waals surface area contributed by atoms with E-state index >= 15 is 0 Å². The Morgan fingerprint density at radius 2 is 1.75 bits per heavy atom. The second-order valence-electron chi connectivity index (χ2n) is 7.49. The normalized spacial score (nSPS) is 11.4. The molecule has 0 saturated carbocycles. The molecule has 0 radical (unpaired) electrons. The second kappa shape index (κ2) is 10.4. The molecule has 2 heterocycles. The summed E-state index contributed by atoms with van der Waals surface area (Å²) in [6, 6.07) is 11.6. The number of rotatable bonds is 7. The molecule has 0 unspecified atom stereocenters. The Labute approximate surface area is 212 Å². The SMILES string of the molecule is O=C(c1ncn(-c2cc(Cl)c(O)c(Cl)c2)n1)N(Cc1cccnc1)Cc1cccc(OC(F)(F)F)c1. The monoisotopic (exact) mass is 537 g/mol. The number of nitrogens with zero attached hydrogens (tertiary/aromatic N) is 5. The van der Waals surface area contributed by atoms with Crippen molar-refractivity contribution in [3.63, 3.8) is 0 Å². The first-order valence-corrected chi connectivity index (χ1v) is 11.0. The zero-order valence-corrected chi connectivity index (χ0v) is 19.7. The van der Waals surface area contributed by atoms with E-state index in [1.54, 1.807) is 30.6 Å². The summed E-state index contributed by atoms with van der Waals surface area (Å²) in [6.45, 7) is 0.0244. The van der Waals surface area contributed by atoms with Crippen molar-refractivity contribution >= 4 is 29.1 Å². The van der Waals surface area contributed by atoms with Crippen molar-refractivity contribution < 1.29 is 27.8 Å². The standard InChI is InChI=1S/C23H16Cl2F3N5O3/c24-18-8-16(9-19(25)20(18)34)33-13-30-21(31-33)22(35)32(12-15-4-2-6-29-10-15)11-14-3-1-5-17(7-14)36-23(26,27)28/h1-10,13,34H,11-12H2. The van der Waals surface area contributed by atoms with Gasteiger partial charge in [0.2, 0.25) is 5.82 Å². The fourth-order valence-corrected chi connectivity index (χ4v) is 3.76. The average molecular weight is 538 g/mol. The van der Waals surface area contributed by atoms with Crippen molar-refractivity contribution in [3.05, 3.63) is 94.2 Å². The summed E-state index contributed by atoms with van der Waals surface area (Å²) in [7, 11) is 0. The second-order valence-corrected chi connectivity index (χ2v) is 8.30. The van der Waals surface area contributed by atoms with E-state index in [-0.39, 0.29) is 34.7 Å². The van der Waals surface area contributed by atoms with Crippen LogP contribution in [0.25, 0.3) is 5.69 Å². The van der Waals surface area contributed by atoms with E-state index in [4.69, 9.17) is 23.2 Å². The number of carbonyl (C=O) groups is 1. The molecule has 0 bridgehead atoms. The van der Waals surface area contributed by atoms with E-state index in [0.717, 1.165) is 0 Å². The molecule has 0 atom stereocenters. The molecular weight excluding hydrogens is 522 g/mol. The molecule has 13 heteroatoms. The van der Waals surface area contributed by atoms with E-state index in [1.807, 2.05) is 0 Å². The summed E-state index contributed by atoms with van der Waals surface area (Å²) in [5.41, 5.74) is 1.43. The van der Waals surface area contributed by atoms with Crippen LogP contribution in [0.2, 0.25) is 10.0 Å². The first-order valence-electron chi connectivity index (χ1n) is 10.2. The molecule has 2 aromatic heterocycles. The Kier molecular flexibility index (Phi) is 7.32. The summed E-state index contributed by atoms with van der Waals surface area (Å²) >= 11 is 11.9. The first kappa shape index (κ1) is 25.3. The highest BCUT2D eigenvalue weighted by Gasteiger charge is 2.31. The van der Waals surface area contributed by atoms with E-state index in [2.05, 4.69) is 19.8 Å². The van der Waals surface area contributed by atoms with Gasteiger partial charge < -0.3 is 14.7 Å². The Morgan fingerprint density at radius 1 is 1.06 bits per heavy atom. The van der Waals surface area contributed by atoms with Crippen LogP contribution >= 0.6 is 23.2 Å². The average Bonchev–Trinajstić information content (AvgIpc) is 3.31. The van der Waals surface area contributed by atoms with Gasteiger partial charge in [-0.05, 0) is 41.5 Å². The highest BCUT2D eigenvalue weighted by atomic mass is 35.5. The zero-order chi connectivity index (χ0) is 25.9. The lowest BCUT2D eigenvalue weighted by molar-refractivity contribution is -0.274.